The number of hydrogen-bond acceptors (Lipinski definition) is 3. The summed E-state index contributed by atoms with van der Waals surface area (Å²) in [6.07, 6.45) is -2.39. The molecule has 2 N–H and O–H groups in total. The number of hydrogen-bond donors (Lipinski definition) is 2. The van der Waals surface area contributed by atoms with E-state index in [9.17, 15) is 23.1 Å². The highest BCUT2D eigenvalue weighted by molar-refractivity contribution is 5.93. The van der Waals surface area contributed by atoms with Crippen molar-refractivity contribution in [3.05, 3.63) is 29.6 Å². The summed E-state index contributed by atoms with van der Waals surface area (Å²) >= 11 is 0. The van der Waals surface area contributed by atoms with E-state index in [2.05, 4.69) is 10.3 Å². The van der Waals surface area contributed by atoms with E-state index in [0.29, 0.717) is 6.42 Å². The highest BCUT2D eigenvalue weighted by Crippen LogP contribution is 2.27. The van der Waals surface area contributed by atoms with Crippen LogP contribution in [0, 0.1) is 0 Å². The molecule has 1 rings (SSSR count). The van der Waals surface area contributed by atoms with E-state index in [1.165, 1.54) is 0 Å². The minimum Gasteiger partial charge on any atom is -0.388 e. The first-order valence-electron chi connectivity index (χ1n) is 6.19. The van der Waals surface area contributed by atoms with Crippen molar-refractivity contribution in [3.8, 4) is 0 Å². The van der Waals surface area contributed by atoms with Crippen LogP contribution in [0.4, 0.5) is 13.2 Å². The fraction of sp³-hybridized carbons (Fsp3) is 0.538. The van der Waals surface area contributed by atoms with Gasteiger partial charge in [-0.25, -0.2) is 0 Å². The third-order valence-corrected chi connectivity index (χ3v) is 2.73. The molecule has 20 heavy (non-hydrogen) atoms. The smallest absolute Gasteiger partial charge is 0.388 e. The number of carbonyl (C=O) groups excluding carboxylic acids is 1. The first-order valence-corrected chi connectivity index (χ1v) is 6.19. The molecule has 1 aromatic rings. The lowest BCUT2D eigenvalue weighted by atomic mass is 10.0. The van der Waals surface area contributed by atoms with Crippen molar-refractivity contribution < 1.29 is 23.1 Å². The molecule has 0 aliphatic rings. The highest BCUT2D eigenvalue weighted by Gasteiger charge is 2.32. The number of alkyl halides is 3. The van der Waals surface area contributed by atoms with E-state index in [4.69, 9.17) is 0 Å². The van der Waals surface area contributed by atoms with Crippen molar-refractivity contribution in [1.82, 2.24) is 10.3 Å². The Kier molecular flexibility index (Phi) is 5.10. The SMILES string of the molecule is CCCC(C)(O)CNC(=O)c1ccc(C(F)(F)F)nc1. The molecule has 0 bridgehead atoms. The Labute approximate surface area is 115 Å². The quantitative estimate of drug-likeness (QED) is 0.875. The molecule has 7 heteroatoms. The second-order valence-corrected chi connectivity index (χ2v) is 4.86. The van der Waals surface area contributed by atoms with Gasteiger partial charge in [0.25, 0.3) is 5.91 Å². The van der Waals surface area contributed by atoms with Gasteiger partial charge in [-0.1, -0.05) is 13.3 Å². The molecule has 0 saturated heterocycles. The Hall–Kier alpha value is -1.63. The van der Waals surface area contributed by atoms with Crippen molar-refractivity contribution in [2.45, 2.75) is 38.5 Å². The second-order valence-electron chi connectivity index (χ2n) is 4.86. The number of nitrogens with zero attached hydrogens (tertiary/aromatic N) is 1. The van der Waals surface area contributed by atoms with Crippen LogP contribution in [-0.2, 0) is 6.18 Å². The third-order valence-electron chi connectivity index (χ3n) is 2.73. The minimum atomic E-state index is -4.53. The lowest BCUT2D eigenvalue weighted by molar-refractivity contribution is -0.141. The van der Waals surface area contributed by atoms with Crippen LogP contribution in [0.25, 0.3) is 0 Å². The first-order chi connectivity index (χ1) is 9.15. The molecule has 1 unspecified atom stereocenters. The molecule has 0 saturated carbocycles. The van der Waals surface area contributed by atoms with E-state index in [0.717, 1.165) is 24.8 Å². The van der Waals surface area contributed by atoms with Gasteiger partial charge in [-0.05, 0) is 25.5 Å². The summed E-state index contributed by atoms with van der Waals surface area (Å²) in [5.74, 6) is -0.567. The van der Waals surface area contributed by atoms with E-state index in [-0.39, 0.29) is 12.1 Å². The Morgan fingerprint density at radius 1 is 1.40 bits per heavy atom. The van der Waals surface area contributed by atoms with Crippen molar-refractivity contribution in [2.75, 3.05) is 6.54 Å². The summed E-state index contributed by atoms with van der Waals surface area (Å²) in [7, 11) is 0. The normalized spacial score (nSPS) is 14.7. The molecule has 0 spiro atoms. The van der Waals surface area contributed by atoms with Gasteiger partial charge in [-0.3, -0.25) is 9.78 Å². The molecular weight excluding hydrogens is 273 g/mol. The lowest BCUT2D eigenvalue weighted by Crippen LogP contribution is -2.40. The average Bonchev–Trinajstić information content (AvgIpc) is 2.35. The Morgan fingerprint density at radius 2 is 2.05 bits per heavy atom. The van der Waals surface area contributed by atoms with E-state index < -0.39 is 23.4 Å². The number of aromatic nitrogens is 1. The monoisotopic (exact) mass is 290 g/mol. The van der Waals surface area contributed by atoms with Crippen LogP contribution in [0.1, 0.15) is 42.7 Å². The molecule has 0 radical (unpaired) electrons. The number of aliphatic hydroxyl groups is 1. The summed E-state index contributed by atoms with van der Waals surface area (Å²) < 4.78 is 36.9. The highest BCUT2D eigenvalue weighted by atomic mass is 19.4. The standard InChI is InChI=1S/C13H17F3N2O2/c1-3-6-12(2,20)8-18-11(19)9-4-5-10(17-7-9)13(14,15)16/h4-5,7,20H,3,6,8H2,1-2H3,(H,18,19). The molecule has 4 nitrogen and oxygen atoms in total. The number of pyridine rings is 1. The number of nitrogens with one attached hydrogen (secondary N) is 1. The van der Waals surface area contributed by atoms with Gasteiger partial charge in [0.05, 0.1) is 11.2 Å². The maximum Gasteiger partial charge on any atom is 0.433 e. The molecule has 1 heterocycles. The maximum atomic E-state index is 12.3. The van der Waals surface area contributed by atoms with Gasteiger partial charge >= 0.3 is 6.18 Å². The van der Waals surface area contributed by atoms with Gasteiger partial charge < -0.3 is 10.4 Å². The topological polar surface area (TPSA) is 62.2 Å². The van der Waals surface area contributed by atoms with E-state index in [1.54, 1.807) is 6.92 Å². The first kappa shape index (κ1) is 16.4. The molecular formula is C13H17F3N2O2. The van der Waals surface area contributed by atoms with Crippen LogP contribution in [0.15, 0.2) is 18.3 Å². The summed E-state index contributed by atoms with van der Waals surface area (Å²) in [6.45, 7) is 3.51. The van der Waals surface area contributed by atoms with Crippen LogP contribution in [0.3, 0.4) is 0 Å². The zero-order valence-electron chi connectivity index (χ0n) is 11.3. The largest absolute Gasteiger partial charge is 0.433 e. The van der Waals surface area contributed by atoms with Crippen LogP contribution in [0.5, 0.6) is 0 Å². The van der Waals surface area contributed by atoms with Crippen LogP contribution in [-0.4, -0.2) is 28.1 Å². The second kappa shape index (κ2) is 6.21. The average molecular weight is 290 g/mol. The molecule has 1 amide bonds. The van der Waals surface area contributed by atoms with E-state index >= 15 is 0 Å². The lowest BCUT2D eigenvalue weighted by Gasteiger charge is -2.22. The predicted molar refractivity (Wildman–Crippen MR) is 67.1 cm³/mol. The Morgan fingerprint density at radius 3 is 2.50 bits per heavy atom. The Bertz CT molecular complexity index is 456. The zero-order chi connectivity index (χ0) is 15.4. The number of amides is 1. The van der Waals surface area contributed by atoms with Gasteiger partial charge in [0, 0.05) is 12.7 Å². The molecule has 0 aliphatic heterocycles. The number of halogens is 3. The molecule has 0 aliphatic carbocycles. The Balaban J connectivity index is 2.65. The molecule has 112 valence electrons. The molecule has 1 atom stereocenters. The summed E-state index contributed by atoms with van der Waals surface area (Å²) in [6, 6.07) is 1.80. The van der Waals surface area contributed by atoms with Gasteiger partial charge in [0.15, 0.2) is 0 Å². The fourth-order valence-corrected chi connectivity index (χ4v) is 1.70. The van der Waals surface area contributed by atoms with Crippen molar-refractivity contribution in [2.24, 2.45) is 0 Å². The number of rotatable bonds is 5. The predicted octanol–water partition coefficient (Wildman–Crippen LogP) is 2.38. The minimum absolute atomic E-state index is 0.0188. The van der Waals surface area contributed by atoms with Crippen molar-refractivity contribution in [1.29, 1.82) is 0 Å². The number of carbonyl (C=O) groups is 1. The van der Waals surface area contributed by atoms with Crippen LogP contribution < -0.4 is 5.32 Å². The van der Waals surface area contributed by atoms with Crippen LogP contribution in [0.2, 0.25) is 0 Å². The summed E-state index contributed by atoms with van der Waals surface area (Å²) in [4.78, 5) is 14.9. The fourth-order valence-electron chi connectivity index (χ4n) is 1.70. The van der Waals surface area contributed by atoms with Crippen LogP contribution >= 0.6 is 0 Å². The van der Waals surface area contributed by atoms with E-state index in [1.807, 2.05) is 6.92 Å². The molecule has 1 aromatic heterocycles. The third kappa shape index (κ3) is 4.80. The van der Waals surface area contributed by atoms with Gasteiger partial charge in [-0.15, -0.1) is 0 Å². The summed E-state index contributed by atoms with van der Waals surface area (Å²) in [5, 5.41) is 12.4. The van der Waals surface area contributed by atoms with Gasteiger partial charge in [0.2, 0.25) is 0 Å². The zero-order valence-corrected chi connectivity index (χ0v) is 11.3. The molecule has 0 aromatic carbocycles. The van der Waals surface area contributed by atoms with Gasteiger partial charge in [0.1, 0.15) is 5.69 Å². The maximum absolute atomic E-state index is 12.3. The molecule has 0 fully saturated rings. The van der Waals surface area contributed by atoms with Crippen molar-refractivity contribution in [3.63, 3.8) is 0 Å². The van der Waals surface area contributed by atoms with Crippen molar-refractivity contribution >= 4 is 5.91 Å². The summed E-state index contributed by atoms with van der Waals surface area (Å²) in [5.41, 5.74) is -2.07. The van der Waals surface area contributed by atoms with Gasteiger partial charge in [-0.2, -0.15) is 13.2 Å².